The second kappa shape index (κ2) is 5.30. The molecular weight excluding hydrogens is 264 g/mol. The number of thiazole rings is 1. The second-order valence-corrected chi connectivity index (χ2v) is 7.10. The van der Waals surface area contributed by atoms with Crippen molar-refractivity contribution in [1.29, 1.82) is 0 Å². The highest BCUT2D eigenvalue weighted by molar-refractivity contribution is 7.10. The number of hydrogen-bond donors (Lipinski definition) is 1. The third kappa shape index (κ3) is 2.65. The first-order valence-corrected chi connectivity index (χ1v) is 8.27. The standard InChI is InChI=1S/C17H22N2S/c1-12-3-5-14(6-4-12)15-11-20-16(19-15)17(18)9-7-13(2)8-10-17/h3-6,11,13H,7-10,18H2,1-2H3. The van der Waals surface area contributed by atoms with Gasteiger partial charge in [-0.3, -0.25) is 0 Å². The minimum absolute atomic E-state index is 0.194. The van der Waals surface area contributed by atoms with Crippen LogP contribution in [0, 0.1) is 12.8 Å². The molecule has 1 aromatic heterocycles. The van der Waals surface area contributed by atoms with Gasteiger partial charge in [-0.1, -0.05) is 36.8 Å². The van der Waals surface area contributed by atoms with Crippen molar-refractivity contribution in [2.75, 3.05) is 0 Å². The number of aryl methyl sites for hydroxylation is 1. The normalized spacial score (nSPS) is 26.6. The van der Waals surface area contributed by atoms with E-state index in [2.05, 4.69) is 43.5 Å². The number of rotatable bonds is 2. The summed E-state index contributed by atoms with van der Waals surface area (Å²) in [5, 5.41) is 3.26. The van der Waals surface area contributed by atoms with E-state index in [0.717, 1.165) is 29.5 Å². The molecule has 0 unspecified atom stereocenters. The van der Waals surface area contributed by atoms with Crippen LogP contribution in [-0.4, -0.2) is 4.98 Å². The Labute approximate surface area is 125 Å². The first-order valence-electron chi connectivity index (χ1n) is 7.39. The maximum Gasteiger partial charge on any atom is 0.113 e. The summed E-state index contributed by atoms with van der Waals surface area (Å²) in [6, 6.07) is 8.55. The summed E-state index contributed by atoms with van der Waals surface area (Å²) in [6.45, 7) is 4.42. The highest BCUT2D eigenvalue weighted by atomic mass is 32.1. The molecule has 0 spiro atoms. The average Bonchev–Trinajstić information content (AvgIpc) is 2.94. The molecular formula is C17H22N2S. The summed E-state index contributed by atoms with van der Waals surface area (Å²) in [5.74, 6) is 0.809. The predicted molar refractivity (Wildman–Crippen MR) is 85.8 cm³/mol. The maximum absolute atomic E-state index is 6.61. The molecule has 0 saturated heterocycles. The van der Waals surface area contributed by atoms with E-state index in [1.165, 1.54) is 24.0 Å². The van der Waals surface area contributed by atoms with Crippen molar-refractivity contribution in [3.05, 3.63) is 40.2 Å². The summed E-state index contributed by atoms with van der Waals surface area (Å²) in [7, 11) is 0. The Hall–Kier alpha value is -1.19. The third-order valence-electron chi connectivity index (χ3n) is 4.44. The van der Waals surface area contributed by atoms with E-state index >= 15 is 0 Å². The highest BCUT2D eigenvalue weighted by Gasteiger charge is 2.34. The zero-order chi connectivity index (χ0) is 14.2. The van der Waals surface area contributed by atoms with Gasteiger partial charge in [-0.25, -0.2) is 4.98 Å². The van der Waals surface area contributed by atoms with Crippen LogP contribution in [0.3, 0.4) is 0 Å². The molecule has 1 heterocycles. The van der Waals surface area contributed by atoms with E-state index < -0.39 is 0 Å². The van der Waals surface area contributed by atoms with E-state index in [-0.39, 0.29) is 5.54 Å². The fraction of sp³-hybridized carbons (Fsp3) is 0.471. The van der Waals surface area contributed by atoms with E-state index in [9.17, 15) is 0 Å². The van der Waals surface area contributed by atoms with Gasteiger partial charge in [0.25, 0.3) is 0 Å². The van der Waals surface area contributed by atoms with Crippen molar-refractivity contribution >= 4 is 11.3 Å². The molecule has 0 amide bonds. The van der Waals surface area contributed by atoms with Crippen LogP contribution in [0.1, 0.15) is 43.2 Å². The van der Waals surface area contributed by atoms with Crippen LogP contribution in [0.4, 0.5) is 0 Å². The Morgan fingerprint density at radius 3 is 2.50 bits per heavy atom. The summed E-state index contributed by atoms with van der Waals surface area (Å²) >= 11 is 1.72. The van der Waals surface area contributed by atoms with Crippen molar-refractivity contribution < 1.29 is 0 Å². The smallest absolute Gasteiger partial charge is 0.113 e. The first kappa shape index (κ1) is 13.8. The van der Waals surface area contributed by atoms with Crippen LogP contribution in [0.5, 0.6) is 0 Å². The van der Waals surface area contributed by atoms with Crippen LogP contribution >= 0.6 is 11.3 Å². The molecule has 1 aliphatic carbocycles. The Kier molecular flexibility index (Phi) is 3.65. The summed E-state index contributed by atoms with van der Waals surface area (Å²) in [4.78, 5) is 4.82. The number of hydrogen-bond acceptors (Lipinski definition) is 3. The fourth-order valence-electron chi connectivity index (χ4n) is 2.85. The quantitative estimate of drug-likeness (QED) is 0.884. The fourth-order valence-corrected chi connectivity index (χ4v) is 3.85. The third-order valence-corrected chi connectivity index (χ3v) is 5.51. The molecule has 3 heteroatoms. The van der Waals surface area contributed by atoms with Gasteiger partial charge in [0.2, 0.25) is 0 Å². The molecule has 0 radical (unpaired) electrons. The summed E-state index contributed by atoms with van der Waals surface area (Å²) < 4.78 is 0. The van der Waals surface area contributed by atoms with Crippen LogP contribution < -0.4 is 5.73 Å². The highest BCUT2D eigenvalue weighted by Crippen LogP contribution is 2.39. The summed E-state index contributed by atoms with van der Waals surface area (Å²) in [5.41, 5.74) is 9.94. The zero-order valence-electron chi connectivity index (χ0n) is 12.2. The lowest BCUT2D eigenvalue weighted by Crippen LogP contribution is -2.40. The van der Waals surface area contributed by atoms with Gasteiger partial charge in [0.15, 0.2) is 0 Å². The van der Waals surface area contributed by atoms with Gasteiger partial charge in [0, 0.05) is 10.9 Å². The van der Waals surface area contributed by atoms with Crippen molar-refractivity contribution in [3.63, 3.8) is 0 Å². The minimum Gasteiger partial charge on any atom is -0.319 e. The largest absolute Gasteiger partial charge is 0.319 e. The van der Waals surface area contributed by atoms with Crippen molar-refractivity contribution in [1.82, 2.24) is 4.98 Å². The van der Waals surface area contributed by atoms with Crippen LogP contribution in [-0.2, 0) is 5.54 Å². The number of aromatic nitrogens is 1. The monoisotopic (exact) mass is 286 g/mol. The van der Waals surface area contributed by atoms with Crippen molar-refractivity contribution in [2.24, 2.45) is 11.7 Å². The molecule has 3 rings (SSSR count). The number of nitrogens with zero attached hydrogens (tertiary/aromatic N) is 1. The van der Waals surface area contributed by atoms with E-state index in [4.69, 9.17) is 10.7 Å². The Balaban J connectivity index is 1.85. The van der Waals surface area contributed by atoms with Gasteiger partial charge in [-0.2, -0.15) is 0 Å². The molecule has 0 bridgehead atoms. The second-order valence-electron chi connectivity index (χ2n) is 6.24. The number of benzene rings is 1. The lowest BCUT2D eigenvalue weighted by atomic mass is 9.78. The molecule has 1 fully saturated rings. The average molecular weight is 286 g/mol. The molecule has 0 aliphatic heterocycles. The molecule has 2 N–H and O–H groups in total. The SMILES string of the molecule is Cc1ccc(-c2csc(C3(N)CCC(C)CC3)n2)cc1. The van der Waals surface area contributed by atoms with Crippen LogP contribution in [0.15, 0.2) is 29.6 Å². The van der Waals surface area contributed by atoms with Gasteiger partial charge in [-0.05, 0) is 38.5 Å². The molecule has 2 nitrogen and oxygen atoms in total. The van der Waals surface area contributed by atoms with Gasteiger partial charge in [0.05, 0.1) is 11.2 Å². The summed E-state index contributed by atoms with van der Waals surface area (Å²) in [6.07, 6.45) is 4.57. The molecule has 1 aliphatic rings. The zero-order valence-corrected chi connectivity index (χ0v) is 13.0. The maximum atomic E-state index is 6.61. The van der Waals surface area contributed by atoms with Crippen molar-refractivity contribution in [2.45, 2.75) is 45.1 Å². The molecule has 2 aromatic rings. The van der Waals surface area contributed by atoms with Gasteiger partial charge >= 0.3 is 0 Å². The van der Waals surface area contributed by atoms with Gasteiger partial charge in [0.1, 0.15) is 5.01 Å². The lowest BCUT2D eigenvalue weighted by molar-refractivity contribution is 0.247. The van der Waals surface area contributed by atoms with Gasteiger partial charge in [-0.15, -0.1) is 11.3 Å². The molecule has 106 valence electrons. The van der Waals surface area contributed by atoms with Crippen LogP contribution in [0.2, 0.25) is 0 Å². The lowest BCUT2D eigenvalue weighted by Gasteiger charge is -2.34. The van der Waals surface area contributed by atoms with E-state index in [0.29, 0.717) is 0 Å². The van der Waals surface area contributed by atoms with Crippen LogP contribution in [0.25, 0.3) is 11.3 Å². The number of nitrogens with two attached hydrogens (primary N) is 1. The first-order chi connectivity index (χ1) is 9.57. The topological polar surface area (TPSA) is 38.9 Å². The van der Waals surface area contributed by atoms with E-state index in [1.807, 2.05) is 0 Å². The van der Waals surface area contributed by atoms with E-state index in [1.54, 1.807) is 11.3 Å². The Bertz CT molecular complexity index is 577. The molecule has 1 aromatic carbocycles. The molecule has 1 saturated carbocycles. The van der Waals surface area contributed by atoms with Crippen molar-refractivity contribution in [3.8, 4) is 11.3 Å². The Morgan fingerprint density at radius 2 is 1.85 bits per heavy atom. The van der Waals surface area contributed by atoms with Gasteiger partial charge < -0.3 is 5.73 Å². The Morgan fingerprint density at radius 1 is 1.20 bits per heavy atom. The predicted octanol–water partition coefficient (Wildman–Crippen LogP) is 4.48. The minimum atomic E-state index is -0.194. The molecule has 20 heavy (non-hydrogen) atoms. The molecule has 0 atom stereocenters.